The summed E-state index contributed by atoms with van der Waals surface area (Å²) in [6, 6.07) is 1.14. The van der Waals surface area contributed by atoms with Crippen molar-refractivity contribution in [3.05, 3.63) is 0 Å². The Kier molecular flexibility index (Phi) is 6.34. The summed E-state index contributed by atoms with van der Waals surface area (Å²) in [5.74, 6) is 0.596. The third-order valence-corrected chi connectivity index (χ3v) is 4.83. The zero-order valence-electron chi connectivity index (χ0n) is 11.2. The van der Waals surface area contributed by atoms with Crippen molar-refractivity contribution in [1.82, 2.24) is 4.90 Å². The van der Waals surface area contributed by atoms with E-state index in [4.69, 9.17) is 5.11 Å². The third-order valence-electron chi connectivity index (χ3n) is 3.46. The molecule has 0 amide bonds. The Morgan fingerprint density at radius 1 is 1.53 bits per heavy atom. The summed E-state index contributed by atoms with van der Waals surface area (Å²) in [4.78, 5) is 13.1. The first kappa shape index (κ1) is 14.8. The van der Waals surface area contributed by atoms with Gasteiger partial charge in [0.1, 0.15) is 0 Å². The smallest absolute Gasteiger partial charge is 0.303 e. The van der Waals surface area contributed by atoms with Gasteiger partial charge in [-0.15, -0.1) is 0 Å². The Labute approximate surface area is 109 Å². The molecule has 4 heteroatoms. The lowest BCUT2D eigenvalue weighted by Crippen LogP contribution is -2.47. The molecule has 17 heavy (non-hydrogen) atoms. The molecule has 1 rings (SSSR count). The average Bonchev–Trinajstić information content (AvgIpc) is 2.25. The van der Waals surface area contributed by atoms with Crippen LogP contribution in [0.25, 0.3) is 0 Å². The lowest BCUT2D eigenvalue weighted by Gasteiger charge is -2.40. The van der Waals surface area contributed by atoms with E-state index in [1.165, 1.54) is 18.6 Å². The summed E-state index contributed by atoms with van der Waals surface area (Å²) in [6.45, 7) is 7.65. The molecule has 1 aliphatic rings. The molecule has 0 aromatic carbocycles. The molecule has 1 heterocycles. The molecule has 0 bridgehead atoms. The number of carboxylic acids is 1. The Morgan fingerprint density at radius 2 is 2.24 bits per heavy atom. The number of nitrogens with zero attached hydrogens (tertiary/aromatic N) is 1. The quantitative estimate of drug-likeness (QED) is 0.796. The number of aliphatic carboxylic acids is 1. The van der Waals surface area contributed by atoms with Gasteiger partial charge in [-0.3, -0.25) is 9.69 Å². The second-order valence-corrected chi connectivity index (χ2v) is 6.60. The topological polar surface area (TPSA) is 40.5 Å². The molecule has 1 fully saturated rings. The molecule has 2 unspecified atom stereocenters. The van der Waals surface area contributed by atoms with Gasteiger partial charge in [0.2, 0.25) is 0 Å². The van der Waals surface area contributed by atoms with Crippen LogP contribution in [-0.4, -0.2) is 45.6 Å². The number of hydrogen-bond acceptors (Lipinski definition) is 3. The SMILES string of the molecule is CC1SCCCC1N(CCCC(=O)O)C(C)C. The van der Waals surface area contributed by atoms with Crippen LogP contribution in [0.4, 0.5) is 0 Å². The van der Waals surface area contributed by atoms with Crippen LogP contribution in [-0.2, 0) is 4.79 Å². The Morgan fingerprint density at radius 3 is 2.76 bits per heavy atom. The van der Waals surface area contributed by atoms with Gasteiger partial charge < -0.3 is 5.11 Å². The fourth-order valence-corrected chi connectivity index (χ4v) is 3.78. The maximum absolute atomic E-state index is 10.6. The van der Waals surface area contributed by atoms with Crippen LogP contribution in [0.1, 0.15) is 46.5 Å². The van der Waals surface area contributed by atoms with Crippen LogP contribution in [0.5, 0.6) is 0 Å². The Hall–Kier alpha value is -0.220. The van der Waals surface area contributed by atoms with Crippen LogP contribution in [0, 0.1) is 0 Å². The van der Waals surface area contributed by atoms with Gasteiger partial charge in [0.25, 0.3) is 0 Å². The van der Waals surface area contributed by atoms with Crippen molar-refractivity contribution in [3.8, 4) is 0 Å². The van der Waals surface area contributed by atoms with Crippen LogP contribution in [0.15, 0.2) is 0 Å². The summed E-state index contributed by atoms with van der Waals surface area (Å²) in [5, 5.41) is 9.38. The minimum atomic E-state index is -0.681. The molecule has 1 aliphatic heterocycles. The van der Waals surface area contributed by atoms with E-state index in [1.807, 2.05) is 0 Å². The highest BCUT2D eigenvalue weighted by atomic mass is 32.2. The standard InChI is InChI=1S/C13H25NO2S/c1-10(2)14(8-4-7-13(15)16)12-6-5-9-17-11(12)3/h10-12H,4-9H2,1-3H3,(H,15,16). The maximum Gasteiger partial charge on any atom is 0.303 e. The molecule has 0 spiro atoms. The zero-order chi connectivity index (χ0) is 12.8. The van der Waals surface area contributed by atoms with Gasteiger partial charge in [-0.1, -0.05) is 6.92 Å². The molecule has 0 saturated carbocycles. The fraction of sp³-hybridized carbons (Fsp3) is 0.923. The molecule has 0 aliphatic carbocycles. The van der Waals surface area contributed by atoms with Crippen molar-refractivity contribution in [2.45, 2.75) is 63.8 Å². The molecule has 2 atom stereocenters. The summed E-state index contributed by atoms with van der Waals surface area (Å²) in [5.41, 5.74) is 0. The molecular formula is C13H25NO2S. The number of carbonyl (C=O) groups is 1. The lowest BCUT2D eigenvalue weighted by atomic mass is 10.0. The van der Waals surface area contributed by atoms with Crippen LogP contribution in [0.3, 0.4) is 0 Å². The first-order valence-electron chi connectivity index (χ1n) is 6.61. The van der Waals surface area contributed by atoms with Gasteiger partial charge in [-0.25, -0.2) is 0 Å². The van der Waals surface area contributed by atoms with E-state index in [9.17, 15) is 4.79 Å². The Bertz CT molecular complexity index is 246. The van der Waals surface area contributed by atoms with Gasteiger partial charge >= 0.3 is 5.97 Å². The summed E-state index contributed by atoms with van der Waals surface area (Å²) < 4.78 is 0. The normalized spacial score (nSPS) is 25.5. The molecule has 1 N–H and O–H groups in total. The largest absolute Gasteiger partial charge is 0.481 e. The van der Waals surface area contributed by atoms with E-state index in [0.29, 0.717) is 17.3 Å². The van der Waals surface area contributed by atoms with E-state index in [-0.39, 0.29) is 6.42 Å². The van der Waals surface area contributed by atoms with Crippen LogP contribution in [0.2, 0.25) is 0 Å². The van der Waals surface area contributed by atoms with Gasteiger partial charge in [0, 0.05) is 23.8 Å². The van der Waals surface area contributed by atoms with Gasteiger partial charge in [-0.2, -0.15) is 11.8 Å². The molecule has 0 aromatic rings. The molecule has 100 valence electrons. The second-order valence-electron chi connectivity index (χ2n) is 5.11. The summed E-state index contributed by atoms with van der Waals surface area (Å²) in [7, 11) is 0. The van der Waals surface area contributed by atoms with E-state index in [2.05, 4.69) is 37.4 Å². The summed E-state index contributed by atoms with van der Waals surface area (Å²) in [6.07, 6.45) is 3.61. The highest BCUT2D eigenvalue weighted by Gasteiger charge is 2.28. The van der Waals surface area contributed by atoms with Crippen molar-refractivity contribution in [3.63, 3.8) is 0 Å². The molecule has 0 radical (unpaired) electrons. The average molecular weight is 259 g/mol. The van der Waals surface area contributed by atoms with E-state index >= 15 is 0 Å². The third kappa shape index (κ3) is 4.88. The van der Waals surface area contributed by atoms with Crippen molar-refractivity contribution < 1.29 is 9.90 Å². The molecular weight excluding hydrogens is 234 g/mol. The zero-order valence-corrected chi connectivity index (χ0v) is 12.0. The van der Waals surface area contributed by atoms with Crippen molar-refractivity contribution in [1.29, 1.82) is 0 Å². The fourth-order valence-electron chi connectivity index (χ4n) is 2.56. The molecule has 1 saturated heterocycles. The summed E-state index contributed by atoms with van der Waals surface area (Å²) >= 11 is 2.05. The van der Waals surface area contributed by atoms with E-state index < -0.39 is 5.97 Å². The van der Waals surface area contributed by atoms with Gasteiger partial charge in [-0.05, 0) is 45.4 Å². The first-order chi connectivity index (χ1) is 8.02. The van der Waals surface area contributed by atoms with Crippen LogP contribution < -0.4 is 0 Å². The van der Waals surface area contributed by atoms with Gasteiger partial charge in [0.15, 0.2) is 0 Å². The molecule has 0 aromatic heterocycles. The maximum atomic E-state index is 10.6. The molecule has 3 nitrogen and oxygen atoms in total. The highest BCUT2D eigenvalue weighted by Crippen LogP contribution is 2.30. The number of thioether (sulfide) groups is 1. The predicted octanol–water partition coefficient (Wildman–Crippen LogP) is 2.85. The van der Waals surface area contributed by atoms with Crippen molar-refractivity contribution >= 4 is 17.7 Å². The first-order valence-corrected chi connectivity index (χ1v) is 7.66. The number of rotatable bonds is 6. The van der Waals surface area contributed by atoms with Crippen LogP contribution >= 0.6 is 11.8 Å². The second kappa shape index (κ2) is 7.27. The lowest BCUT2D eigenvalue weighted by molar-refractivity contribution is -0.137. The Balaban J connectivity index is 2.48. The minimum Gasteiger partial charge on any atom is -0.481 e. The van der Waals surface area contributed by atoms with E-state index in [1.54, 1.807) is 0 Å². The predicted molar refractivity (Wildman–Crippen MR) is 73.7 cm³/mol. The number of carboxylic acid groups (broad SMARTS) is 1. The monoisotopic (exact) mass is 259 g/mol. The number of hydrogen-bond donors (Lipinski definition) is 1. The minimum absolute atomic E-state index is 0.289. The van der Waals surface area contributed by atoms with Crippen molar-refractivity contribution in [2.24, 2.45) is 0 Å². The van der Waals surface area contributed by atoms with Gasteiger partial charge in [0.05, 0.1) is 0 Å². The van der Waals surface area contributed by atoms with E-state index in [0.717, 1.165) is 13.0 Å². The highest BCUT2D eigenvalue weighted by molar-refractivity contribution is 7.99. The van der Waals surface area contributed by atoms with Crippen molar-refractivity contribution in [2.75, 3.05) is 12.3 Å².